The van der Waals surface area contributed by atoms with Crippen LogP contribution in [0.3, 0.4) is 0 Å². The first-order chi connectivity index (χ1) is 7.57. The van der Waals surface area contributed by atoms with E-state index >= 15 is 0 Å². The van der Waals surface area contributed by atoms with Gasteiger partial charge in [-0.3, -0.25) is 4.79 Å². The zero-order valence-electron chi connectivity index (χ0n) is 9.98. The summed E-state index contributed by atoms with van der Waals surface area (Å²) in [7, 11) is 0. The van der Waals surface area contributed by atoms with Crippen LogP contribution in [-0.2, 0) is 4.79 Å². The molecule has 0 aromatic rings. The fraction of sp³-hybridized carbons (Fsp3) is 0.917. The first kappa shape index (κ1) is 11.9. The molecule has 92 valence electrons. The predicted octanol–water partition coefficient (Wildman–Crippen LogP) is 0.487. The quantitative estimate of drug-likeness (QED) is 0.736. The minimum Gasteiger partial charge on any atom is -0.394 e. The number of likely N-dealkylation sites (tertiary alicyclic amines) is 1. The Bertz CT molecular complexity index is 274. The molecule has 4 heteroatoms. The fourth-order valence-corrected chi connectivity index (χ4v) is 2.62. The third kappa shape index (κ3) is 2.09. The average Bonchev–Trinajstić information content (AvgIpc) is 3.12. The summed E-state index contributed by atoms with van der Waals surface area (Å²) in [5, 5.41) is 9.30. The molecule has 1 aliphatic heterocycles. The van der Waals surface area contributed by atoms with Crippen molar-refractivity contribution in [3.05, 3.63) is 0 Å². The highest BCUT2D eigenvalue weighted by Gasteiger charge is 2.47. The molecule has 2 fully saturated rings. The summed E-state index contributed by atoms with van der Waals surface area (Å²) in [4.78, 5) is 14.2. The van der Waals surface area contributed by atoms with Crippen molar-refractivity contribution in [2.45, 2.75) is 50.6 Å². The van der Waals surface area contributed by atoms with Gasteiger partial charge in [0.2, 0.25) is 5.91 Å². The van der Waals surface area contributed by atoms with Crippen LogP contribution < -0.4 is 5.73 Å². The Morgan fingerprint density at radius 2 is 2.12 bits per heavy atom. The Hall–Kier alpha value is -0.610. The molecule has 0 spiro atoms. The molecule has 2 aliphatic rings. The molecule has 1 heterocycles. The smallest absolute Gasteiger partial charge is 0.242 e. The number of hydrogen-bond donors (Lipinski definition) is 2. The lowest BCUT2D eigenvalue weighted by atomic mass is 9.92. The zero-order chi connectivity index (χ0) is 11.8. The van der Waals surface area contributed by atoms with Crippen molar-refractivity contribution in [1.29, 1.82) is 0 Å². The molecular formula is C12H22N2O2. The molecule has 2 unspecified atom stereocenters. The summed E-state index contributed by atoms with van der Waals surface area (Å²) < 4.78 is 0. The number of aliphatic hydroxyl groups is 1. The fourth-order valence-electron chi connectivity index (χ4n) is 2.62. The van der Waals surface area contributed by atoms with Gasteiger partial charge in [0.1, 0.15) is 0 Å². The second-order valence-electron chi connectivity index (χ2n) is 5.39. The molecule has 2 rings (SSSR count). The van der Waals surface area contributed by atoms with Gasteiger partial charge in [0.15, 0.2) is 0 Å². The van der Waals surface area contributed by atoms with Crippen LogP contribution in [0.5, 0.6) is 0 Å². The molecule has 1 amide bonds. The molecule has 0 bridgehead atoms. The van der Waals surface area contributed by atoms with Crippen LogP contribution in [0, 0.1) is 5.92 Å². The molecule has 0 aromatic heterocycles. The van der Waals surface area contributed by atoms with Crippen LogP contribution in [0.25, 0.3) is 0 Å². The summed E-state index contributed by atoms with van der Waals surface area (Å²) in [6.07, 6.45) is 5.17. The van der Waals surface area contributed by atoms with E-state index in [9.17, 15) is 9.90 Å². The van der Waals surface area contributed by atoms with E-state index in [2.05, 4.69) is 0 Å². The summed E-state index contributed by atoms with van der Waals surface area (Å²) in [6, 6.07) is -0.0112. The van der Waals surface area contributed by atoms with Crippen LogP contribution >= 0.6 is 0 Å². The Balaban J connectivity index is 2.06. The molecule has 1 aliphatic carbocycles. The van der Waals surface area contributed by atoms with Gasteiger partial charge in [-0.1, -0.05) is 0 Å². The van der Waals surface area contributed by atoms with Gasteiger partial charge in [-0.15, -0.1) is 0 Å². The standard InChI is InChI=1S/C12H22N2O2/c1-12(13,9-5-6-9)11(16)14-7-3-2-4-10(14)8-15/h9-10,15H,2-8,13H2,1H3. The van der Waals surface area contributed by atoms with E-state index in [0.717, 1.165) is 38.6 Å². The van der Waals surface area contributed by atoms with Gasteiger partial charge in [-0.05, 0) is 44.9 Å². The Kier molecular flexibility index (Phi) is 3.22. The van der Waals surface area contributed by atoms with Crippen molar-refractivity contribution >= 4 is 5.91 Å². The van der Waals surface area contributed by atoms with Crippen LogP contribution in [0.15, 0.2) is 0 Å². The topological polar surface area (TPSA) is 66.6 Å². The molecule has 16 heavy (non-hydrogen) atoms. The minimum absolute atomic E-state index is 0.0112. The summed E-state index contributed by atoms with van der Waals surface area (Å²) in [6.45, 7) is 2.66. The first-order valence-electron chi connectivity index (χ1n) is 6.28. The second-order valence-corrected chi connectivity index (χ2v) is 5.39. The maximum absolute atomic E-state index is 12.4. The number of nitrogens with zero attached hydrogens (tertiary/aromatic N) is 1. The van der Waals surface area contributed by atoms with Gasteiger partial charge in [-0.2, -0.15) is 0 Å². The first-order valence-corrected chi connectivity index (χ1v) is 6.28. The molecule has 0 aromatic carbocycles. The van der Waals surface area contributed by atoms with Crippen LogP contribution in [0.4, 0.5) is 0 Å². The number of nitrogens with two attached hydrogens (primary N) is 1. The van der Waals surface area contributed by atoms with E-state index in [1.54, 1.807) is 0 Å². The number of aliphatic hydroxyl groups excluding tert-OH is 1. The van der Waals surface area contributed by atoms with E-state index in [0.29, 0.717) is 5.92 Å². The number of piperidine rings is 1. The molecule has 1 saturated carbocycles. The van der Waals surface area contributed by atoms with Crippen molar-refractivity contribution in [2.24, 2.45) is 11.7 Å². The van der Waals surface area contributed by atoms with Gasteiger partial charge in [0.25, 0.3) is 0 Å². The number of carbonyl (C=O) groups is 1. The van der Waals surface area contributed by atoms with Crippen molar-refractivity contribution in [1.82, 2.24) is 4.90 Å². The lowest BCUT2D eigenvalue weighted by Crippen LogP contribution is -2.59. The lowest BCUT2D eigenvalue weighted by molar-refractivity contribution is -0.142. The SMILES string of the molecule is CC(N)(C(=O)N1CCCCC1CO)C1CC1. The Labute approximate surface area is 96.8 Å². The highest BCUT2D eigenvalue weighted by Crippen LogP contribution is 2.39. The van der Waals surface area contributed by atoms with E-state index in [-0.39, 0.29) is 18.6 Å². The predicted molar refractivity (Wildman–Crippen MR) is 61.8 cm³/mol. The highest BCUT2D eigenvalue weighted by molar-refractivity contribution is 5.86. The van der Waals surface area contributed by atoms with E-state index in [1.165, 1.54) is 0 Å². The lowest BCUT2D eigenvalue weighted by Gasteiger charge is -2.39. The third-order valence-electron chi connectivity index (χ3n) is 3.98. The largest absolute Gasteiger partial charge is 0.394 e. The van der Waals surface area contributed by atoms with Gasteiger partial charge >= 0.3 is 0 Å². The maximum Gasteiger partial charge on any atom is 0.242 e. The van der Waals surface area contributed by atoms with Crippen LogP contribution in [-0.4, -0.2) is 40.6 Å². The van der Waals surface area contributed by atoms with Crippen molar-refractivity contribution < 1.29 is 9.90 Å². The third-order valence-corrected chi connectivity index (χ3v) is 3.98. The van der Waals surface area contributed by atoms with Gasteiger partial charge in [0.05, 0.1) is 18.2 Å². The minimum atomic E-state index is -0.717. The van der Waals surface area contributed by atoms with Gasteiger partial charge < -0.3 is 15.7 Å². The van der Waals surface area contributed by atoms with Gasteiger partial charge in [-0.25, -0.2) is 0 Å². The highest BCUT2D eigenvalue weighted by atomic mass is 16.3. The molecule has 2 atom stereocenters. The van der Waals surface area contributed by atoms with Gasteiger partial charge in [0, 0.05) is 6.54 Å². The van der Waals surface area contributed by atoms with Crippen LogP contribution in [0.1, 0.15) is 39.0 Å². The van der Waals surface area contributed by atoms with E-state index in [1.807, 2.05) is 11.8 Å². The Morgan fingerprint density at radius 3 is 2.69 bits per heavy atom. The number of amides is 1. The average molecular weight is 226 g/mol. The van der Waals surface area contributed by atoms with Crippen molar-refractivity contribution in [2.75, 3.05) is 13.2 Å². The van der Waals surface area contributed by atoms with Crippen LogP contribution in [0.2, 0.25) is 0 Å². The molecule has 0 radical (unpaired) electrons. The molecule has 4 nitrogen and oxygen atoms in total. The summed E-state index contributed by atoms with van der Waals surface area (Å²) >= 11 is 0. The summed E-state index contributed by atoms with van der Waals surface area (Å²) in [5.74, 6) is 0.384. The molecule has 3 N–H and O–H groups in total. The Morgan fingerprint density at radius 1 is 1.44 bits per heavy atom. The van der Waals surface area contributed by atoms with Crippen molar-refractivity contribution in [3.8, 4) is 0 Å². The maximum atomic E-state index is 12.4. The molecule has 1 saturated heterocycles. The number of rotatable bonds is 3. The van der Waals surface area contributed by atoms with Crippen molar-refractivity contribution in [3.63, 3.8) is 0 Å². The van der Waals surface area contributed by atoms with E-state index < -0.39 is 5.54 Å². The second kappa shape index (κ2) is 4.34. The number of carbonyl (C=O) groups excluding carboxylic acids is 1. The summed E-state index contributed by atoms with van der Waals surface area (Å²) in [5.41, 5.74) is 5.42. The normalized spacial score (nSPS) is 29.9. The van der Waals surface area contributed by atoms with E-state index in [4.69, 9.17) is 5.73 Å². The zero-order valence-corrected chi connectivity index (χ0v) is 9.98. The monoisotopic (exact) mass is 226 g/mol. The molecular weight excluding hydrogens is 204 g/mol. The number of hydrogen-bond acceptors (Lipinski definition) is 3.